The van der Waals surface area contributed by atoms with Crippen molar-refractivity contribution in [1.82, 2.24) is 14.0 Å². The zero-order valence-electron chi connectivity index (χ0n) is 21.9. The van der Waals surface area contributed by atoms with Gasteiger partial charge in [-0.25, -0.2) is 9.59 Å². The van der Waals surface area contributed by atoms with Crippen LogP contribution < -0.4 is 10.6 Å². The van der Waals surface area contributed by atoms with Crippen LogP contribution in [0.3, 0.4) is 0 Å². The smallest absolute Gasteiger partial charge is 0.333 e. The fraction of sp³-hybridized carbons (Fsp3) is 0.290. The second-order valence-electron chi connectivity index (χ2n) is 9.55. The van der Waals surface area contributed by atoms with E-state index in [1.54, 1.807) is 9.13 Å². The predicted octanol–water partition coefficient (Wildman–Crippen LogP) is 4.67. The maximum Gasteiger partial charge on any atom is 0.333 e. The van der Waals surface area contributed by atoms with Crippen molar-refractivity contribution in [2.75, 3.05) is 37.7 Å². The summed E-state index contributed by atoms with van der Waals surface area (Å²) in [5.41, 5.74) is 3.93. The number of benzene rings is 3. The van der Waals surface area contributed by atoms with Crippen molar-refractivity contribution < 1.29 is 9.53 Å². The van der Waals surface area contributed by atoms with Gasteiger partial charge in [-0.3, -0.25) is 14.0 Å². The van der Waals surface area contributed by atoms with E-state index < -0.39 is 6.04 Å². The van der Waals surface area contributed by atoms with Gasteiger partial charge in [-0.05, 0) is 49.2 Å². The van der Waals surface area contributed by atoms with Gasteiger partial charge in [0.25, 0.3) is 0 Å². The van der Waals surface area contributed by atoms with Crippen molar-refractivity contribution in [2.45, 2.75) is 25.9 Å². The third kappa shape index (κ3) is 5.29. The lowest BCUT2D eigenvalue weighted by atomic mass is 10.0. The first-order valence-electron chi connectivity index (χ1n) is 13.2. The fourth-order valence-corrected chi connectivity index (χ4v) is 5.19. The number of piperazine rings is 1. The second-order valence-corrected chi connectivity index (χ2v) is 9.55. The Hall–Kier alpha value is -4.10. The number of carbonyl (C=O) groups is 1. The van der Waals surface area contributed by atoms with E-state index in [-0.39, 0.29) is 17.7 Å². The molecule has 5 rings (SSSR count). The average molecular weight is 511 g/mol. The number of esters is 1. The van der Waals surface area contributed by atoms with Crippen molar-refractivity contribution in [1.29, 1.82) is 0 Å². The number of ether oxygens (including phenoxy) is 1. The van der Waals surface area contributed by atoms with Crippen LogP contribution in [0.15, 0.2) is 102 Å². The Morgan fingerprint density at radius 2 is 1.37 bits per heavy atom. The molecule has 1 aromatic heterocycles. The van der Waals surface area contributed by atoms with Crippen LogP contribution in [0.25, 0.3) is 5.69 Å². The average Bonchev–Trinajstić information content (AvgIpc) is 3.35. The Balaban J connectivity index is 1.27. The molecule has 1 aliphatic rings. The fourth-order valence-electron chi connectivity index (χ4n) is 5.19. The van der Waals surface area contributed by atoms with Gasteiger partial charge in [-0.2, -0.15) is 0 Å². The van der Waals surface area contributed by atoms with E-state index >= 15 is 0 Å². The molecule has 0 amide bonds. The molecule has 1 saturated heterocycles. The Kier molecular flexibility index (Phi) is 7.75. The largest absolute Gasteiger partial charge is 0.465 e. The predicted molar refractivity (Wildman–Crippen MR) is 150 cm³/mol. The third-order valence-electron chi connectivity index (χ3n) is 7.30. The first-order valence-corrected chi connectivity index (χ1v) is 13.2. The monoisotopic (exact) mass is 510 g/mol. The van der Waals surface area contributed by atoms with Crippen LogP contribution in [0, 0.1) is 0 Å². The van der Waals surface area contributed by atoms with E-state index in [1.807, 2.05) is 99.0 Å². The van der Waals surface area contributed by atoms with Crippen molar-refractivity contribution in [2.24, 2.45) is 0 Å². The van der Waals surface area contributed by atoms with Gasteiger partial charge in [0.05, 0.1) is 18.3 Å². The summed E-state index contributed by atoms with van der Waals surface area (Å²) in [7, 11) is 0. The molecule has 7 nitrogen and oxygen atoms in total. The highest BCUT2D eigenvalue weighted by Crippen LogP contribution is 2.26. The maximum absolute atomic E-state index is 13.2. The Bertz CT molecular complexity index is 1390. The molecular formula is C31H34N4O3. The molecule has 1 aliphatic heterocycles. The molecule has 38 heavy (non-hydrogen) atoms. The molecule has 2 unspecified atom stereocenters. The number of aromatic nitrogens is 2. The van der Waals surface area contributed by atoms with E-state index in [1.165, 1.54) is 0 Å². The minimum atomic E-state index is -0.394. The van der Waals surface area contributed by atoms with Gasteiger partial charge < -0.3 is 9.64 Å². The lowest BCUT2D eigenvalue weighted by Crippen LogP contribution is -2.49. The molecule has 0 N–H and O–H groups in total. The molecule has 196 valence electrons. The molecule has 0 saturated carbocycles. The summed E-state index contributed by atoms with van der Waals surface area (Å²) in [6, 6.07) is 27.6. The molecule has 3 aromatic carbocycles. The highest BCUT2D eigenvalue weighted by molar-refractivity contribution is 5.77. The van der Waals surface area contributed by atoms with Crippen molar-refractivity contribution in [3.05, 3.63) is 119 Å². The summed E-state index contributed by atoms with van der Waals surface area (Å²) < 4.78 is 8.85. The molecule has 4 aromatic rings. The van der Waals surface area contributed by atoms with Gasteiger partial charge in [0.2, 0.25) is 0 Å². The molecule has 0 spiro atoms. The standard InChI is InChI=1S/C31H34N4O3/c1-3-38-30(36)29(26-12-8-5-9-13-26)33-20-18-32(19-21-33)27-14-16-28(17-15-27)35-23-22-34(31(35)37)24(2)25-10-6-4-7-11-25/h4-17,22-24,29H,3,18-21H2,1-2H3. The zero-order chi connectivity index (χ0) is 26.5. The summed E-state index contributed by atoms with van der Waals surface area (Å²) >= 11 is 0. The van der Waals surface area contributed by atoms with Gasteiger partial charge in [-0.15, -0.1) is 0 Å². The van der Waals surface area contributed by atoms with Gasteiger partial charge in [-0.1, -0.05) is 60.7 Å². The zero-order valence-corrected chi connectivity index (χ0v) is 21.9. The molecular weight excluding hydrogens is 476 g/mol. The Morgan fingerprint density at radius 1 is 0.789 bits per heavy atom. The SMILES string of the molecule is CCOC(=O)C(c1ccccc1)N1CCN(c2ccc(-n3ccn(C(C)c4ccccc4)c3=O)cc2)CC1. The van der Waals surface area contributed by atoms with E-state index in [0.717, 1.165) is 48.7 Å². The highest BCUT2D eigenvalue weighted by atomic mass is 16.5. The topological polar surface area (TPSA) is 59.7 Å². The minimum absolute atomic E-state index is 0.0464. The molecule has 0 aliphatic carbocycles. The number of rotatable bonds is 8. The van der Waals surface area contributed by atoms with Crippen LogP contribution in [-0.4, -0.2) is 52.8 Å². The first kappa shape index (κ1) is 25.5. The summed E-state index contributed by atoms with van der Waals surface area (Å²) in [6.07, 6.45) is 3.68. The number of imidazole rings is 1. The van der Waals surface area contributed by atoms with Gasteiger partial charge in [0, 0.05) is 44.3 Å². The summed E-state index contributed by atoms with van der Waals surface area (Å²) in [4.78, 5) is 30.5. The van der Waals surface area contributed by atoms with Crippen molar-refractivity contribution in [3.63, 3.8) is 0 Å². The molecule has 1 fully saturated rings. The van der Waals surface area contributed by atoms with Crippen LogP contribution in [0.5, 0.6) is 0 Å². The van der Waals surface area contributed by atoms with Gasteiger partial charge >= 0.3 is 11.7 Å². The van der Waals surface area contributed by atoms with Crippen LogP contribution in [-0.2, 0) is 9.53 Å². The Morgan fingerprint density at radius 3 is 1.97 bits per heavy atom. The molecule has 7 heteroatoms. The lowest BCUT2D eigenvalue weighted by Gasteiger charge is -2.39. The lowest BCUT2D eigenvalue weighted by molar-refractivity contribution is -0.150. The van der Waals surface area contributed by atoms with Crippen LogP contribution in [0.4, 0.5) is 5.69 Å². The van der Waals surface area contributed by atoms with Gasteiger partial charge in [0.15, 0.2) is 0 Å². The second kappa shape index (κ2) is 11.5. The van der Waals surface area contributed by atoms with E-state index in [9.17, 15) is 9.59 Å². The molecule has 0 radical (unpaired) electrons. The summed E-state index contributed by atoms with van der Waals surface area (Å²) in [5, 5.41) is 0. The van der Waals surface area contributed by atoms with Gasteiger partial charge in [0.1, 0.15) is 6.04 Å². The number of hydrogen-bond donors (Lipinski definition) is 0. The van der Waals surface area contributed by atoms with Crippen molar-refractivity contribution in [3.8, 4) is 5.69 Å². The number of hydrogen-bond acceptors (Lipinski definition) is 5. The van der Waals surface area contributed by atoms with E-state index in [4.69, 9.17) is 4.74 Å². The maximum atomic E-state index is 13.2. The van der Waals surface area contributed by atoms with E-state index in [0.29, 0.717) is 6.61 Å². The molecule has 2 atom stereocenters. The molecule has 0 bridgehead atoms. The van der Waals surface area contributed by atoms with Crippen LogP contribution >= 0.6 is 0 Å². The molecule has 2 heterocycles. The normalized spacial score (nSPS) is 15.7. The highest BCUT2D eigenvalue weighted by Gasteiger charge is 2.31. The summed E-state index contributed by atoms with van der Waals surface area (Å²) in [6.45, 7) is 7.34. The van der Waals surface area contributed by atoms with Crippen LogP contribution in [0.2, 0.25) is 0 Å². The van der Waals surface area contributed by atoms with E-state index in [2.05, 4.69) is 21.9 Å². The number of anilines is 1. The van der Waals surface area contributed by atoms with Crippen LogP contribution in [0.1, 0.15) is 37.1 Å². The quantitative estimate of drug-likeness (QED) is 0.322. The number of nitrogens with zero attached hydrogens (tertiary/aromatic N) is 4. The minimum Gasteiger partial charge on any atom is -0.465 e. The van der Waals surface area contributed by atoms with Crippen molar-refractivity contribution >= 4 is 11.7 Å². The Labute approximate surface area is 223 Å². The summed E-state index contributed by atoms with van der Waals surface area (Å²) in [5.74, 6) is -0.199. The number of carbonyl (C=O) groups excluding carboxylic acids is 1. The first-order chi connectivity index (χ1) is 18.6. The third-order valence-corrected chi connectivity index (χ3v) is 7.30.